The van der Waals surface area contributed by atoms with Crippen molar-refractivity contribution >= 4 is 11.9 Å². The lowest BCUT2D eigenvalue weighted by Gasteiger charge is -2.41. The molecule has 102 valence electrons. The maximum Gasteiger partial charge on any atom is 0.326 e. The molecule has 0 aromatic carbocycles. The van der Waals surface area contributed by atoms with Crippen LogP contribution in [0, 0.1) is 0 Å². The van der Waals surface area contributed by atoms with Crippen molar-refractivity contribution in [1.82, 2.24) is 4.90 Å². The molecule has 18 heavy (non-hydrogen) atoms. The van der Waals surface area contributed by atoms with Crippen LogP contribution in [0.4, 0.5) is 0 Å². The zero-order chi connectivity index (χ0) is 13.2. The molecule has 1 amide bonds. The van der Waals surface area contributed by atoms with Crippen LogP contribution in [0.25, 0.3) is 0 Å². The fraction of sp³-hybridized carbons (Fsp3) is 0.846. The lowest BCUT2D eigenvalue weighted by molar-refractivity contribution is -0.155. The summed E-state index contributed by atoms with van der Waals surface area (Å²) in [4.78, 5) is 25.3. The number of piperidine rings is 1. The zero-order valence-corrected chi connectivity index (χ0v) is 10.7. The third kappa shape index (κ3) is 2.51. The maximum atomic E-state index is 12.5. The van der Waals surface area contributed by atoms with E-state index >= 15 is 0 Å². The van der Waals surface area contributed by atoms with E-state index in [1.807, 2.05) is 0 Å². The van der Waals surface area contributed by atoms with Gasteiger partial charge in [-0.05, 0) is 32.1 Å². The SMILES string of the molecule is NC1(C(=O)N2CCCC[C@H]2C(=O)O)CCCCC1. The van der Waals surface area contributed by atoms with E-state index in [0.29, 0.717) is 25.8 Å². The quantitative estimate of drug-likeness (QED) is 0.773. The average molecular weight is 254 g/mol. The van der Waals surface area contributed by atoms with Crippen molar-refractivity contribution in [2.45, 2.75) is 62.9 Å². The third-order valence-corrected chi connectivity index (χ3v) is 4.22. The Labute approximate surface area is 107 Å². The summed E-state index contributed by atoms with van der Waals surface area (Å²) in [6.45, 7) is 0.536. The minimum absolute atomic E-state index is 0.144. The third-order valence-electron chi connectivity index (χ3n) is 4.22. The smallest absolute Gasteiger partial charge is 0.326 e. The molecule has 1 heterocycles. The summed E-state index contributed by atoms with van der Waals surface area (Å²) in [5.74, 6) is -1.04. The first-order valence-electron chi connectivity index (χ1n) is 6.87. The van der Waals surface area contributed by atoms with Gasteiger partial charge in [0.2, 0.25) is 5.91 Å². The molecule has 2 aliphatic rings. The molecule has 2 fully saturated rings. The number of hydrogen-bond donors (Lipinski definition) is 2. The monoisotopic (exact) mass is 254 g/mol. The van der Waals surface area contributed by atoms with Gasteiger partial charge in [0.05, 0.1) is 5.54 Å². The van der Waals surface area contributed by atoms with Crippen LogP contribution in [0.3, 0.4) is 0 Å². The molecule has 0 spiro atoms. The first kappa shape index (κ1) is 13.3. The number of nitrogens with two attached hydrogens (primary N) is 1. The van der Waals surface area contributed by atoms with Crippen molar-refractivity contribution in [3.63, 3.8) is 0 Å². The van der Waals surface area contributed by atoms with Crippen LogP contribution in [0.2, 0.25) is 0 Å². The predicted octanol–water partition coefficient (Wildman–Crippen LogP) is 1.11. The first-order valence-corrected chi connectivity index (χ1v) is 6.87. The minimum Gasteiger partial charge on any atom is -0.480 e. The Kier molecular flexibility index (Phi) is 3.90. The van der Waals surface area contributed by atoms with E-state index < -0.39 is 17.6 Å². The summed E-state index contributed by atoms with van der Waals surface area (Å²) in [6, 6.07) is -0.673. The summed E-state index contributed by atoms with van der Waals surface area (Å²) in [5.41, 5.74) is 5.40. The molecule has 1 saturated carbocycles. The normalized spacial score (nSPS) is 27.8. The molecule has 1 saturated heterocycles. The van der Waals surface area contributed by atoms with Gasteiger partial charge in [-0.3, -0.25) is 4.79 Å². The Morgan fingerprint density at radius 3 is 2.39 bits per heavy atom. The van der Waals surface area contributed by atoms with Crippen LogP contribution in [0.15, 0.2) is 0 Å². The van der Waals surface area contributed by atoms with Crippen molar-refractivity contribution in [3.8, 4) is 0 Å². The van der Waals surface area contributed by atoms with Gasteiger partial charge in [0.1, 0.15) is 6.04 Å². The summed E-state index contributed by atoms with van der Waals surface area (Å²) in [6.07, 6.45) is 6.74. The van der Waals surface area contributed by atoms with Crippen LogP contribution in [0.5, 0.6) is 0 Å². The fourth-order valence-electron chi connectivity index (χ4n) is 3.11. The number of carbonyl (C=O) groups is 2. The fourth-order valence-corrected chi connectivity index (χ4v) is 3.11. The molecule has 5 heteroatoms. The highest BCUT2D eigenvalue weighted by molar-refractivity contribution is 5.90. The van der Waals surface area contributed by atoms with Crippen LogP contribution < -0.4 is 5.73 Å². The lowest BCUT2D eigenvalue weighted by Crippen LogP contribution is -2.60. The first-order chi connectivity index (χ1) is 8.54. The van der Waals surface area contributed by atoms with E-state index in [0.717, 1.165) is 32.1 Å². The number of amides is 1. The number of aliphatic carboxylic acids is 1. The number of hydrogen-bond acceptors (Lipinski definition) is 3. The Balaban J connectivity index is 2.12. The molecule has 2 rings (SSSR count). The van der Waals surface area contributed by atoms with Crippen molar-refractivity contribution in [1.29, 1.82) is 0 Å². The Hall–Kier alpha value is -1.10. The Morgan fingerprint density at radius 1 is 1.11 bits per heavy atom. The topological polar surface area (TPSA) is 83.6 Å². The van der Waals surface area contributed by atoms with Crippen LogP contribution in [0.1, 0.15) is 51.4 Å². The van der Waals surface area contributed by atoms with Gasteiger partial charge in [-0.1, -0.05) is 19.3 Å². The number of carboxylic acid groups (broad SMARTS) is 1. The molecule has 0 unspecified atom stereocenters. The lowest BCUT2D eigenvalue weighted by atomic mass is 9.80. The molecule has 0 bridgehead atoms. The summed E-state index contributed by atoms with van der Waals surface area (Å²) in [7, 11) is 0. The van der Waals surface area contributed by atoms with Crippen LogP contribution in [-0.4, -0.2) is 40.0 Å². The second-order valence-corrected chi connectivity index (χ2v) is 5.57. The summed E-state index contributed by atoms with van der Waals surface area (Å²) in [5, 5.41) is 9.21. The van der Waals surface area contributed by atoms with E-state index in [2.05, 4.69) is 0 Å². The van der Waals surface area contributed by atoms with Gasteiger partial charge in [0.15, 0.2) is 0 Å². The van der Waals surface area contributed by atoms with E-state index in [9.17, 15) is 14.7 Å². The minimum atomic E-state index is -0.901. The van der Waals surface area contributed by atoms with Crippen LogP contribution in [-0.2, 0) is 9.59 Å². The second-order valence-electron chi connectivity index (χ2n) is 5.57. The molecule has 1 aliphatic heterocycles. The molecule has 0 radical (unpaired) electrons. The molecular formula is C13H22N2O3. The number of carboxylic acids is 1. The molecular weight excluding hydrogens is 232 g/mol. The van der Waals surface area contributed by atoms with Crippen molar-refractivity contribution in [2.24, 2.45) is 5.73 Å². The molecule has 0 aromatic heterocycles. The molecule has 3 N–H and O–H groups in total. The highest BCUT2D eigenvalue weighted by Gasteiger charge is 2.42. The van der Waals surface area contributed by atoms with Crippen molar-refractivity contribution < 1.29 is 14.7 Å². The van der Waals surface area contributed by atoms with E-state index in [4.69, 9.17) is 5.73 Å². The van der Waals surface area contributed by atoms with E-state index in [1.165, 1.54) is 4.90 Å². The molecule has 5 nitrogen and oxygen atoms in total. The van der Waals surface area contributed by atoms with Crippen LogP contribution >= 0.6 is 0 Å². The van der Waals surface area contributed by atoms with Gasteiger partial charge >= 0.3 is 5.97 Å². The van der Waals surface area contributed by atoms with Gasteiger partial charge in [0, 0.05) is 6.54 Å². The van der Waals surface area contributed by atoms with Gasteiger partial charge < -0.3 is 15.7 Å². The molecule has 1 aliphatic carbocycles. The highest BCUT2D eigenvalue weighted by atomic mass is 16.4. The number of likely N-dealkylation sites (tertiary alicyclic amines) is 1. The largest absolute Gasteiger partial charge is 0.480 e. The number of carbonyl (C=O) groups excluding carboxylic acids is 1. The highest BCUT2D eigenvalue weighted by Crippen LogP contribution is 2.30. The standard InChI is InChI=1S/C13H22N2O3/c14-13(7-3-1-4-8-13)12(18)15-9-5-2-6-10(15)11(16)17/h10H,1-9,14H2,(H,16,17)/t10-/m0/s1. The van der Waals surface area contributed by atoms with E-state index in [1.54, 1.807) is 0 Å². The molecule has 0 aromatic rings. The summed E-state index contributed by atoms with van der Waals surface area (Å²) >= 11 is 0. The second kappa shape index (κ2) is 5.26. The molecule has 1 atom stereocenters. The van der Waals surface area contributed by atoms with Gasteiger partial charge in [-0.15, -0.1) is 0 Å². The number of rotatable bonds is 2. The Bertz CT molecular complexity index is 337. The zero-order valence-electron chi connectivity index (χ0n) is 10.7. The Morgan fingerprint density at radius 2 is 1.78 bits per heavy atom. The van der Waals surface area contributed by atoms with Gasteiger partial charge in [-0.2, -0.15) is 0 Å². The van der Waals surface area contributed by atoms with Crippen molar-refractivity contribution in [3.05, 3.63) is 0 Å². The van der Waals surface area contributed by atoms with Gasteiger partial charge in [0.25, 0.3) is 0 Å². The number of nitrogens with zero attached hydrogens (tertiary/aromatic N) is 1. The summed E-state index contributed by atoms with van der Waals surface area (Å²) < 4.78 is 0. The van der Waals surface area contributed by atoms with Gasteiger partial charge in [-0.25, -0.2) is 4.79 Å². The predicted molar refractivity (Wildman–Crippen MR) is 67.0 cm³/mol. The average Bonchev–Trinajstić information content (AvgIpc) is 2.38. The maximum absolute atomic E-state index is 12.5. The van der Waals surface area contributed by atoms with E-state index in [-0.39, 0.29) is 5.91 Å². The van der Waals surface area contributed by atoms with Crippen molar-refractivity contribution in [2.75, 3.05) is 6.54 Å².